The van der Waals surface area contributed by atoms with E-state index >= 15 is 0 Å². The van der Waals surface area contributed by atoms with Gasteiger partial charge in [0, 0.05) is 19.6 Å². The Morgan fingerprint density at radius 2 is 1.81 bits per heavy atom. The standard InChI is InChI=1S/C14H31N3O3S/c1-5-7-8-10-16-14(18)13(3)15-11-9-12-17(6-2)21(4,19)20/h13,15H,5-12H2,1-4H3,(H,16,18). The maximum Gasteiger partial charge on any atom is 0.236 e. The summed E-state index contributed by atoms with van der Waals surface area (Å²) in [5.41, 5.74) is 0. The van der Waals surface area contributed by atoms with Crippen LogP contribution in [0.1, 0.15) is 46.5 Å². The van der Waals surface area contributed by atoms with Crippen molar-refractivity contribution < 1.29 is 13.2 Å². The van der Waals surface area contributed by atoms with Crippen LogP contribution in [0.2, 0.25) is 0 Å². The lowest BCUT2D eigenvalue weighted by Crippen LogP contribution is -2.43. The third-order valence-corrected chi connectivity index (χ3v) is 4.71. The molecule has 1 amide bonds. The second kappa shape index (κ2) is 11.0. The van der Waals surface area contributed by atoms with Crippen LogP contribution in [0, 0.1) is 0 Å². The van der Waals surface area contributed by atoms with E-state index in [0.717, 1.165) is 25.8 Å². The summed E-state index contributed by atoms with van der Waals surface area (Å²) in [5, 5.41) is 6.02. The van der Waals surface area contributed by atoms with Crippen LogP contribution in [0.25, 0.3) is 0 Å². The Morgan fingerprint density at radius 3 is 2.33 bits per heavy atom. The zero-order valence-electron chi connectivity index (χ0n) is 13.8. The molecule has 21 heavy (non-hydrogen) atoms. The average Bonchev–Trinajstić information content (AvgIpc) is 2.41. The molecule has 0 aliphatic rings. The molecule has 0 saturated carbocycles. The van der Waals surface area contributed by atoms with Crippen molar-refractivity contribution in [3.8, 4) is 0 Å². The summed E-state index contributed by atoms with van der Waals surface area (Å²) < 4.78 is 24.3. The van der Waals surface area contributed by atoms with E-state index in [1.54, 1.807) is 0 Å². The lowest BCUT2D eigenvalue weighted by Gasteiger charge is -2.19. The van der Waals surface area contributed by atoms with Gasteiger partial charge in [-0.05, 0) is 26.3 Å². The molecule has 0 heterocycles. The zero-order chi connectivity index (χ0) is 16.3. The minimum atomic E-state index is -3.12. The van der Waals surface area contributed by atoms with Crippen molar-refractivity contribution in [2.75, 3.05) is 32.4 Å². The topological polar surface area (TPSA) is 78.5 Å². The monoisotopic (exact) mass is 321 g/mol. The Bertz CT molecular complexity index is 385. The number of rotatable bonds is 12. The molecule has 2 N–H and O–H groups in total. The molecular weight excluding hydrogens is 290 g/mol. The number of hydrogen-bond donors (Lipinski definition) is 2. The summed E-state index contributed by atoms with van der Waals surface area (Å²) >= 11 is 0. The van der Waals surface area contributed by atoms with Crippen molar-refractivity contribution in [1.82, 2.24) is 14.9 Å². The van der Waals surface area contributed by atoms with Crippen LogP contribution in [0.3, 0.4) is 0 Å². The van der Waals surface area contributed by atoms with Crippen molar-refractivity contribution in [3.63, 3.8) is 0 Å². The molecule has 0 aromatic rings. The van der Waals surface area contributed by atoms with Gasteiger partial charge in [-0.2, -0.15) is 0 Å². The molecule has 0 spiro atoms. The van der Waals surface area contributed by atoms with E-state index in [1.807, 2.05) is 13.8 Å². The first-order chi connectivity index (χ1) is 9.82. The number of hydrogen-bond acceptors (Lipinski definition) is 4. The van der Waals surface area contributed by atoms with E-state index in [-0.39, 0.29) is 11.9 Å². The zero-order valence-corrected chi connectivity index (χ0v) is 14.6. The van der Waals surface area contributed by atoms with Gasteiger partial charge in [0.1, 0.15) is 0 Å². The van der Waals surface area contributed by atoms with Crippen LogP contribution >= 0.6 is 0 Å². The number of carbonyl (C=O) groups is 1. The van der Waals surface area contributed by atoms with Crippen molar-refractivity contribution in [2.24, 2.45) is 0 Å². The predicted molar refractivity (Wildman–Crippen MR) is 86.7 cm³/mol. The van der Waals surface area contributed by atoms with E-state index in [1.165, 1.54) is 10.6 Å². The van der Waals surface area contributed by atoms with Crippen LogP contribution in [-0.2, 0) is 14.8 Å². The minimum absolute atomic E-state index is 0.00145. The smallest absolute Gasteiger partial charge is 0.236 e. The van der Waals surface area contributed by atoms with Crippen LogP contribution < -0.4 is 10.6 Å². The first-order valence-electron chi connectivity index (χ1n) is 7.79. The lowest BCUT2D eigenvalue weighted by atomic mass is 10.2. The van der Waals surface area contributed by atoms with Crippen molar-refractivity contribution in [1.29, 1.82) is 0 Å². The number of amides is 1. The van der Waals surface area contributed by atoms with Crippen LogP contribution in [-0.4, -0.2) is 57.1 Å². The second-order valence-corrected chi connectivity index (χ2v) is 7.26. The van der Waals surface area contributed by atoms with Crippen LogP contribution in [0.5, 0.6) is 0 Å². The highest BCUT2D eigenvalue weighted by atomic mass is 32.2. The van der Waals surface area contributed by atoms with Crippen LogP contribution in [0.4, 0.5) is 0 Å². The normalized spacial score (nSPS) is 13.4. The van der Waals surface area contributed by atoms with Crippen LogP contribution in [0.15, 0.2) is 0 Å². The fourth-order valence-electron chi connectivity index (χ4n) is 1.96. The average molecular weight is 321 g/mol. The molecule has 0 rings (SSSR count). The molecule has 0 radical (unpaired) electrons. The maximum absolute atomic E-state index is 11.8. The first-order valence-corrected chi connectivity index (χ1v) is 9.64. The molecule has 1 unspecified atom stereocenters. The molecule has 0 bridgehead atoms. The van der Waals surface area contributed by atoms with Gasteiger partial charge in [0.2, 0.25) is 15.9 Å². The number of unbranched alkanes of at least 4 members (excludes halogenated alkanes) is 2. The quantitative estimate of drug-likeness (QED) is 0.525. The molecule has 0 aliphatic heterocycles. The Labute approximate surface area is 129 Å². The molecular formula is C14H31N3O3S. The molecule has 7 heteroatoms. The van der Waals surface area contributed by atoms with Crippen molar-refractivity contribution >= 4 is 15.9 Å². The fraction of sp³-hybridized carbons (Fsp3) is 0.929. The summed E-state index contributed by atoms with van der Waals surface area (Å²) in [6.07, 6.45) is 5.18. The van der Waals surface area contributed by atoms with E-state index in [9.17, 15) is 13.2 Å². The molecule has 0 aliphatic carbocycles. The van der Waals surface area contributed by atoms with E-state index in [2.05, 4.69) is 17.6 Å². The third-order valence-electron chi connectivity index (χ3n) is 3.33. The van der Waals surface area contributed by atoms with Gasteiger partial charge in [-0.15, -0.1) is 0 Å². The number of carbonyl (C=O) groups excluding carboxylic acids is 1. The van der Waals surface area contributed by atoms with E-state index in [0.29, 0.717) is 26.1 Å². The molecule has 6 nitrogen and oxygen atoms in total. The molecule has 0 aromatic heterocycles. The summed E-state index contributed by atoms with van der Waals surface area (Å²) in [4.78, 5) is 11.8. The first kappa shape index (κ1) is 20.3. The number of sulfonamides is 1. The summed E-state index contributed by atoms with van der Waals surface area (Å²) in [5.74, 6) is 0.00145. The molecule has 0 aromatic carbocycles. The highest BCUT2D eigenvalue weighted by Crippen LogP contribution is 1.98. The van der Waals surface area contributed by atoms with Gasteiger partial charge in [-0.3, -0.25) is 4.79 Å². The van der Waals surface area contributed by atoms with Gasteiger partial charge in [0.15, 0.2) is 0 Å². The fourth-order valence-corrected chi connectivity index (χ4v) is 2.89. The van der Waals surface area contributed by atoms with Crippen molar-refractivity contribution in [3.05, 3.63) is 0 Å². The van der Waals surface area contributed by atoms with Gasteiger partial charge in [-0.25, -0.2) is 12.7 Å². The molecule has 1 atom stereocenters. The molecule has 126 valence electrons. The van der Waals surface area contributed by atoms with Gasteiger partial charge in [-0.1, -0.05) is 26.7 Å². The van der Waals surface area contributed by atoms with Gasteiger partial charge in [0.25, 0.3) is 0 Å². The summed E-state index contributed by atoms with van der Waals surface area (Å²) in [7, 11) is -3.12. The third kappa shape index (κ3) is 9.82. The number of nitrogens with zero attached hydrogens (tertiary/aromatic N) is 1. The predicted octanol–water partition coefficient (Wildman–Crippen LogP) is 0.943. The van der Waals surface area contributed by atoms with Gasteiger partial charge >= 0.3 is 0 Å². The maximum atomic E-state index is 11.8. The highest BCUT2D eigenvalue weighted by molar-refractivity contribution is 7.88. The van der Waals surface area contributed by atoms with E-state index < -0.39 is 10.0 Å². The van der Waals surface area contributed by atoms with Crippen molar-refractivity contribution in [2.45, 2.75) is 52.5 Å². The Morgan fingerprint density at radius 1 is 1.14 bits per heavy atom. The highest BCUT2D eigenvalue weighted by Gasteiger charge is 2.14. The molecule has 0 saturated heterocycles. The molecule has 0 fully saturated rings. The Hall–Kier alpha value is -0.660. The Balaban J connectivity index is 3.83. The minimum Gasteiger partial charge on any atom is -0.355 e. The van der Waals surface area contributed by atoms with Gasteiger partial charge < -0.3 is 10.6 Å². The lowest BCUT2D eigenvalue weighted by molar-refractivity contribution is -0.122. The number of nitrogens with one attached hydrogen (secondary N) is 2. The Kier molecular flexibility index (Phi) is 10.6. The SMILES string of the molecule is CCCCCNC(=O)C(C)NCCCN(CC)S(C)(=O)=O. The second-order valence-electron chi connectivity index (χ2n) is 5.28. The largest absolute Gasteiger partial charge is 0.355 e. The van der Waals surface area contributed by atoms with Gasteiger partial charge in [0.05, 0.1) is 12.3 Å². The summed E-state index contributed by atoms with van der Waals surface area (Å²) in [6.45, 7) is 8.07. The summed E-state index contributed by atoms with van der Waals surface area (Å²) in [6, 6.07) is -0.250. The van der Waals surface area contributed by atoms with E-state index in [4.69, 9.17) is 0 Å².